The van der Waals surface area contributed by atoms with E-state index in [1.807, 2.05) is 47.3 Å². The second-order valence-corrected chi connectivity index (χ2v) is 7.58. The lowest BCUT2D eigenvalue weighted by molar-refractivity contribution is -0.136. The molecular weight excluding hydrogens is 348 g/mol. The van der Waals surface area contributed by atoms with Gasteiger partial charge in [-0.05, 0) is 42.5 Å². The molecule has 1 N–H and O–H groups in total. The van der Waals surface area contributed by atoms with Gasteiger partial charge in [0.1, 0.15) is 6.04 Å². The summed E-state index contributed by atoms with van der Waals surface area (Å²) in [6, 6.07) is 9.16. The first kappa shape index (κ1) is 16.8. The lowest BCUT2D eigenvalue weighted by atomic mass is 10.2. The molecule has 134 valence electrons. The van der Waals surface area contributed by atoms with E-state index in [4.69, 9.17) is 0 Å². The molecule has 3 heterocycles. The number of rotatable bonds is 4. The van der Waals surface area contributed by atoms with Crippen LogP contribution < -0.4 is 5.32 Å². The first-order valence-electron chi connectivity index (χ1n) is 8.65. The van der Waals surface area contributed by atoms with Crippen molar-refractivity contribution in [1.82, 2.24) is 14.5 Å². The normalized spacial score (nSPS) is 17.0. The van der Waals surface area contributed by atoms with Crippen LogP contribution in [-0.2, 0) is 23.1 Å². The number of amides is 2. The number of hydrogen-bond donors (Lipinski definition) is 1. The molecule has 4 rings (SSSR count). The maximum absolute atomic E-state index is 12.7. The number of nitrogens with one attached hydrogen (secondary N) is 1. The third-order valence-electron chi connectivity index (χ3n) is 4.77. The zero-order valence-electron chi connectivity index (χ0n) is 14.5. The van der Waals surface area contributed by atoms with Gasteiger partial charge in [-0.15, -0.1) is 11.3 Å². The Bertz CT molecular complexity index is 948. The van der Waals surface area contributed by atoms with E-state index in [2.05, 4.69) is 10.3 Å². The summed E-state index contributed by atoms with van der Waals surface area (Å²) in [5.74, 6) is -0.109. The molecule has 3 aromatic rings. The molecule has 1 aromatic carbocycles. The Morgan fingerprint density at radius 3 is 3.04 bits per heavy atom. The number of aryl methyl sites for hydroxylation is 1. The molecule has 2 amide bonds. The average molecular weight is 368 g/mol. The van der Waals surface area contributed by atoms with E-state index in [9.17, 15) is 9.59 Å². The Morgan fingerprint density at radius 1 is 1.35 bits per heavy atom. The van der Waals surface area contributed by atoms with Crippen molar-refractivity contribution in [2.75, 3.05) is 11.9 Å². The van der Waals surface area contributed by atoms with Crippen molar-refractivity contribution in [2.45, 2.75) is 25.3 Å². The zero-order chi connectivity index (χ0) is 18.1. The molecule has 1 aliphatic heterocycles. The number of aromatic nitrogens is 2. The lowest BCUT2D eigenvalue weighted by Gasteiger charge is -2.24. The first-order valence-corrected chi connectivity index (χ1v) is 9.53. The highest BCUT2D eigenvalue weighted by atomic mass is 32.1. The van der Waals surface area contributed by atoms with Gasteiger partial charge in [0.15, 0.2) is 0 Å². The van der Waals surface area contributed by atoms with Crippen molar-refractivity contribution in [3.05, 3.63) is 46.9 Å². The molecule has 1 aliphatic rings. The summed E-state index contributed by atoms with van der Waals surface area (Å²) in [4.78, 5) is 32.4. The average Bonchev–Trinajstić information content (AvgIpc) is 3.36. The number of carbonyl (C=O) groups excluding carboxylic acids is 2. The molecule has 2 aromatic heterocycles. The van der Waals surface area contributed by atoms with Gasteiger partial charge in [0.25, 0.3) is 0 Å². The number of fused-ring (bicyclic) bond motifs is 1. The fraction of sp³-hybridized carbons (Fsp3) is 0.316. The highest BCUT2D eigenvalue weighted by Crippen LogP contribution is 2.23. The third-order valence-corrected chi connectivity index (χ3v) is 5.65. The summed E-state index contributed by atoms with van der Waals surface area (Å²) in [5.41, 5.74) is 2.55. The fourth-order valence-electron chi connectivity index (χ4n) is 3.44. The van der Waals surface area contributed by atoms with E-state index < -0.39 is 6.04 Å². The van der Waals surface area contributed by atoms with Crippen molar-refractivity contribution >= 4 is 39.9 Å². The number of anilines is 1. The molecular formula is C19H20N4O2S. The molecule has 6 nitrogen and oxygen atoms in total. The predicted octanol–water partition coefficient (Wildman–Crippen LogP) is 2.81. The van der Waals surface area contributed by atoms with E-state index >= 15 is 0 Å². The summed E-state index contributed by atoms with van der Waals surface area (Å²) in [6.07, 6.45) is 3.67. The fourth-order valence-corrected chi connectivity index (χ4v) is 4.14. The number of carbonyl (C=O) groups is 2. The van der Waals surface area contributed by atoms with Crippen LogP contribution in [0.4, 0.5) is 5.69 Å². The van der Waals surface area contributed by atoms with Crippen LogP contribution in [-0.4, -0.2) is 38.9 Å². The van der Waals surface area contributed by atoms with Crippen molar-refractivity contribution in [2.24, 2.45) is 7.05 Å². The van der Waals surface area contributed by atoms with E-state index in [1.54, 1.807) is 22.6 Å². The van der Waals surface area contributed by atoms with Gasteiger partial charge in [-0.1, -0.05) is 6.07 Å². The minimum absolute atomic E-state index is 0.0188. The molecule has 0 spiro atoms. The van der Waals surface area contributed by atoms with Gasteiger partial charge in [-0.2, -0.15) is 0 Å². The number of nitrogens with zero attached hydrogens (tertiary/aromatic N) is 3. The van der Waals surface area contributed by atoms with Crippen LogP contribution in [0.15, 0.2) is 42.0 Å². The van der Waals surface area contributed by atoms with Gasteiger partial charge in [0.2, 0.25) is 11.8 Å². The molecule has 26 heavy (non-hydrogen) atoms. The van der Waals surface area contributed by atoms with Gasteiger partial charge in [0, 0.05) is 24.2 Å². The van der Waals surface area contributed by atoms with Crippen LogP contribution in [0.25, 0.3) is 11.0 Å². The second-order valence-electron chi connectivity index (χ2n) is 6.55. The molecule has 7 heteroatoms. The summed E-state index contributed by atoms with van der Waals surface area (Å²) >= 11 is 1.57. The molecule has 1 fully saturated rings. The number of thiophene rings is 1. The van der Waals surface area contributed by atoms with Crippen LogP contribution in [0.2, 0.25) is 0 Å². The minimum Gasteiger partial charge on any atom is -0.334 e. The van der Waals surface area contributed by atoms with E-state index in [0.29, 0.717) is 25.1 Å². The van der Waals surface area contributed by atoms with Crippen LogP contribution in [0.5, 0.6) is 0 Å². The zero-order valence-corrected chi connectivity index (χ0v) is 15.3. The molecule has 1 unspecified atom stereocenters. The smallest absolute Gasteiger partial charge is 0.247 e. The standard InChI is InChI=1S/C19H20N4O2S/c1-22-12-20-15-10-13(6-7-16(15)22)21-19(25)17-5-2-8-23(17)18(24)11-14-4-3-9-26-14/h3-4,6-7,9-10,12,17H,2,5,8,11H2,1H3,(H,21,25). The Morgan fingerprint density at radius 2 is 2.23 bits per heavy atom. The molecule has 0 aliphatic carbocycles. The summed E-state index contributed by atoms with van der Waals surface area (Å²) < 4.78 is 1.93. The van der Waals surface area contributed by atoms with Gasteiger partial charge < -0.3 is 14.8 Å². The highest BCUT2D eigenvalue weighted by Gasteiger charge is 2.34. The predicted molar refractivity (Wildman–Crippen MR) is 102 cm³/mol. The summed E-state index contributed by atoms with van der Waals surface area (Å²) in [6.45, 7) is 0.640. The quantitative estimate of drug-likeness (QED) is 0.770. The monoisotopic (exact) mass is 368 g/mol. The second kappa shape index (κ2) is 6.92. The largest absolute Gasteiger partial charge is 0.334 e. The first-order chi connectivity index (χ1) is 12.6. The van der Waals surface area contributed by atoms with Crippen molar-refractivity contribution in [3.8, 4) is 0 Å². The maximum Gasteiger partial charge on any atom is 0.247 e. The Kier molecular flexibility index (Phi) is 4.46. The van der Waals surface area contributed by atoms with Crippen molar-refractivity contribution < 1.29 is 9.59 Å². The van der Waals surface area contributed by atoms with E-state index in [-0.39, 0.29) is 11.8 Å². The van der Waals surface area contributed by atoms with Gasteiger partial charge in [-0.25, -0.2) is 4.98 Å². The molecule has 0 saturated carbocycles. The molecule has 1 saturated heterocycles. The van der Waals surface area contributed by atoms with E-state index in [0.717, 1.165) is 22.3 Å². The SMILES string of the molecule is Cn1cnc2cc(NC(=O)C3CCCN3C(=O)Cc3cccs3)ccc21. The summed E-state index contributed by atoms with van der Waals surface area (Å²) in [5, 5.41) is 4.91. The van der Waals surface area contributed by atoms with Crippen LogP contribution in [0.1, 0.15) is 17.7 Å². The van der Waals surface area contributed by atoms with Crippen molar-refractivity contribution in [1.29, 1.82) is 0 Å². The highest BCUT2D eigenvalue weighted by molar-refractivity contribution is 7.10. The lowest BCUT2D eigenvalue weighted by Crippen LogP contribution is -2.43. The van der Waals surface area contributed by atoms with E-state index in [1.165, 1.54) is 0 Å². The third kappa shape index (κ3) is 3.22. The van der Waals surface area contributed by atoms with Crippen LogP contribution in [0.3, 0.4) is 0 Å². The number of likely N-dealkylation sites (tertiary alicyclic amines) is 1. The van der Waals surface area contributed by atoms with Gasteiger partial charge in [-0.3, -0.25) is 9.59 Å². The Hall–Kier alpha value is -2.67. The summed E-state index contributed by atoms with van der Waals surface area (Å²) in [7, 11) is 1.93. The van der Waals surface area contributed by atoms with Gasteiger partial charge >= 0.3 is 0 Å². The Labute approximate surface area is 155 Å². The molecule has 1 atom stereocenters. The Balaban J connectivity index is 1.46. The minimum atomic E-state index is -0.401. The van der Waals surface area contributed by atoms with Crippen LogP contribution >= 0.6 is 11.3 Å². The molecule has 0 radical (unpaired) electrons. The number of hydrogen-bond acceptors (Lipinski definition) is 4. The molecule has 0 bridgehead atoms. The maximum atomic E-state index is 12.7. The van der Waals surface area contributed by atoms with Crippen LogP contribution in [0, 0.1) is 0 Å². The topological polar surface area (TPSA) is 67.2 Å². The number of imidazole rings is 1. The van der Waals surface area contributed by atoms with Crippen molar-refractivity contribution in [3.63, 3.8) is 0 Å². The van der Waals surface area contributed by atoms with Gasteiger partial charge in [0.05, 0.1) is 23.8 Å². The number of benzene rings is 1.